The van der Waals surface area contributed by atoms with Crippen LogP contribution in [0.15, 0.2) is 65.3 Å². The van der Waals surface area contributed by atoms with Crippen LogP contribution in [0.5, 0.6) is 0 Å². The molecule has 1 saturated heterocycles. The molecule has 1 aliphatic rings. The number of nitrogens with one attached hydrogen (secondary N) is 1. The van der Waals surface area contributed by atoms with Crippen LogP contribution in [-0.4, -0.2) is 71.2 Å². The fraction of sp³-hybridized carbons (Fsp3) is 0.360. The van der Waals surface area contributed by atoms with Crippen LogP contribution in [0.1, 0.15) is 21.9 Å². The van der Waals surface area contributed by atoms with Crippen LogP contribution in [0.3, 0.4) is 0 Å². The summed E-state index contributed by atoms with van der Waals surface area (Å²) in [6.45, 7) is 5.24. The van der Waals surface area contributed by atoms with Gasteiger partial charge >= 0.3 is 0 Å². The van der Waals surface area contributed by atoms with E-state index in [1.165, 1.54) is 6.26 Å². The van der Waals surface area contributed by atoms with Gasteiger partial charge in [-0.2, -0.15) is 0 Å². The topological polar surface area (TPSA) is 91.1 Å². The summed E-state index contributed by atoms with van der Waals surface area (Å²) in [6, 6.07) is 16.8. The normalized spacial score (nSPS) is 15.8. The predicted octanol–water partition coefficient (Wildman–Crippen LogP) is 3.28. The van der Waals surface area contributed by atoms with Gasteiger partial charge in [0.1, 0.15) is 6.26 Å². The zero-order valence-electron chi connectivity index (χ0n) is 18.9. The number of halogens is 1. The number of ether oxygens (including phenoxy) is 1. The number of aromatic nitrogens is 1. The third kappa shape index (κ3) is 7.38. The molecule has 1 aromatic heterocycles. The van der Waals surface area contributed by atoms with Gasteiger partial charge in [0.2, 0.25) is 5.89 Å². The third-order valence-electron chi connectivity index (χ3n) is 5.60. The van der Waals surface area contributed by atoms with Gasteiger partial charge in [0.15, 0.2) is 5.69 Å². The Bertz CT molecular complexity index is 1040. The van der Waals surface area contributed by atoms with Crippen molar-refractivity contribution in [1.29, 1.82) is 0 Å². The molecule has 0 saturated carbocycles. The van der Waals surface area contributed by atoms with Crippen molar-refractivity contribution in [2.24, 2.45) is 0 Å². The van der Waals surface area contributed by atoms with Gasteiger partial charge in [0.25, 0.3) is 5.91 Å². The second-order valence-corrected chi connectivity index (χ2v) is 8.76. The molecule has 0 radical (unpaired) electrons. The Hall–Kier alpha value is -2.75. The standard InChI is InChI=1S/C25H29ClN4O4/c26-20-6-8-21(9-7-20)27-25(32)23-18-34-24(28-23)15-30-12-10-29(11-13-30)14-22(31)17-33-16-19-4-2-1-3-5-19/h1-9,18,22,31H,10-17H2,(H,27,32). The van der Waals surface area contributed by atoms with E-state index in [4.69, 9.17) is 20.8 Å². The summed E-state index contributed by atoms with van der Waals surface area (Å²) in [5.74, 6) is 0.176. The zero-order chi connectivity index (χ0) is 23.8. The summed E-state index contributed by atoms with van der Waals surface area (Å²) in [5, 5.41) is 13.7. The minimum absolute atomic E-state index is 0.238. The highest BCUT2D eigenvalue weighted by Gasteiger charge is 2.21. The molecule has 0 bridgehead atoms. The average molecular weight is 485 g/mol. The van der Waals surface area contributed by atoms with Gasteiger partial charge in [-0.3, -0.25) is 14.6 Å². The predicted molar refractivity (Wildman–Crippen MR) is 130 cm³/mol. The third-order valence-corrected chi connectivity index (χ3v) is 5.85. The van der Waals surface area contributed by atoms with E-state index in [2.05, 4.69) is 20.1 Å². The van der Waals surface area contributed by atoms with E-state index in [9.17, 15) is 9.90 Å². The quantitative estimate of drug-likeness (QED) is 0.456. The van der Waals surface area contributed by atoms with Crippen molar-refractivity contribution in [3.05, 3.63) is 83.0 Å². The number of amides is 1. The lowest BCUT2D eigenvalue weighted by Crippen LogP contribution is -2.48. The molecule has 34 heavy (non-hydrogen) atoms. The maximum Gasteiger partial charge on any atom is 0.277 e. The van der Waals surface area contributed by atoms with E-state index in [-0.39, 0.29) is 11.6 Å². The molecule has 4 rings (SSSR count). The van der Waals surface area contributed by atoms with Crippen molar-refractivity contribution >= 4 is 23.2 Å². The van der Waals surface area contributed by atoms with Gasteiger partial charge in [-0.1, -0.05) is 41.9 Å². The molecular formula is C25H29ClN4O4. The summed E-state index contributed by atoms with van der Waals surface area (Å²) in [4.78, 5) is 21.2. The van der Waals surface area contributed by atoms with E-state index in [0.29, 0.717) is 42.9 Å². The number of hydrogen-bond acceptors (Lipinski definition) is 7. The molecular weight excluding hydrogens is 456 g/mol. The largest absolute Gasteiger partial charge is 0.447 e. The maximum absolute atomic E-state index is 12.4. The number of nitrogens with zero attached hydrogens (tertiary/aromatic N) is 3. The number of aliphatic hydroxyl groups is 1. The lowest BCUT2D eigenvalue weighted by atomic mass is 10.2. The number of benzene rings is 2. The number of β-amino-alcohol motifs (C(OH)–C–C–N with tert-alkyl or cyclic N) is 1. The van der Waals surface area contributed by atoms with Crippen molar-refractivity contribution in [3.8, 4) is 0 Å². The molecule has 2 aromatic carbocycles. The van der Waals surface area contributed by atoms with Crippen LogP contribution in [-0.2, 0) is 17.9 Å². The van der Waals surface area contributed by atoms with Crippen LogP contribution in [0, 0.1) is 0 Å². The number of carbonyl (C=O) groups is 1. The Kier molecular flexibility index (Phi) is 8.67. The maximum atomic E-state index is 12.4. The van der Waals surface area contributed by atoms with Crippen molar-refractivity contribution in [1.82, 2.24) is 14.8 Å². The molecule has 0 aliphatic carbocycles. The minimum atomic E-state index is -0.524. The van der Waals surface area contributed by atoms with Crippen LogP contribution >= 0.6 is 11.6 Å². The van der Waals surface area contributed by atoms with Crippen LogP contribution in [0.2, 0.25) is 5.02 Å². The number of rotatable bonds is 10. The highest BCUT2D eigenvalue weighted by Crippen LogP contribution is 2.15. The van der Waals surface area contributed by atoms with Gasteiger partial charge in [-0.25, -0.2) is 4.98 Å². The van der Waals surface area contributed by atoms with Crippen LogP contribution in [0.25, 0.3) is 0 Å². The molecule has 9 heteroatoms. The number of piperazine rings is 1. The second kappa shape index (κ2) is 12.1. The molecule has 8 nitrogen and oxygen atoms in total. The number of hydrogen-bond donors (Lipinski definition) is 2. The Morgan fingerprint density at radius 2 is 1.79 bits per heavy atom. The molecule has 1 atom stereocenters. The number of aliphatic hydroxyl groups excluding tert-OH is 1. The minimum Gasteiger partial charge on any atom is -0.447 e. The summed E-state index contributed by atoms with van der Waals surface area (Å²) in [5.41, 5.74) is 1.98. The van der Waals surface area contributed by atoms with Crippen molar-refractivity contribution in [3.63, 3.8) is 0 Å². The lowest BCUT2D eigenvalue weighted by Gasteiger charge is -2.34. The van der Waals surface area contributed by atoms with E-state index < -0.39 is 6.10 Å². The van der Waals surface area contributed by atoms with E-state index >= 15 is 0 Å². The van der Waals surface area contributed by atoms with Crippen molar-refractivity contribution < 1.29 is 19.1 Å². The fourth-order valence-corrected chi connectivity index (χ4v) is 3.90. The molecule has 3 aromatic rings. The fourth-order valence-electron chi connectivity index (χ4n) is 3.78. The molecule has 2 heterocycles. The molecule has 1 aliphatic heterocycles. The first-order chi connectivity index (χ1) is 16.5. The Labute approximate surface area is 204 Å². The first-order valence-corrected chi connectivity index (χ1v) is 11.7. The Morgan fingerprint density at radius 3 is 2.53 bits per heavy atom. The Balaban J connectivity index is 1.15. The highest BCUT2D eigenvalue weighted by molar-refractivity contribution is 6.30. The summed E-state index contributed by atoms with van der Waals surface area (Å²) < 4.78 is 11.2. The molecule has 2 N–H and O–H groups in total. The monoisotopic (exact) mass is 484 g/mol. The lowest BCUT2D eigenvalue weighted by molar-refractivity contribution is 0.000371. The summed E-state index contributed by atoms with van der Waals surface area (Å²) in [6.07, 6.45) is 0.853. The average Bonchev–Trinajstić information content (AvgIpc) is 3.31. The first-order valence-electron chi connectivity index (χ1n) is 11.3. The second-order valence-electron chi connectivity index (χ2n) is 8.32. The van der Waals surface area contributed by atoms with Crippen molar-refractivity contribution in [2.45, 2.75) is 19.3 Å². The van der Waals surface area contributed by atoms with Gasteiger partial charge in [-0.05, 0) is 29.8 Å². The van der Waals surface area contributed by atoms with Gasteiger partial charge in [-0.15, -0.1) is 0 Å². The van der Waals surface area contributed by atoms with Gasteiger partial charge < -0.3 is 19.6 Å². The first kappa shape index (κ1) is 24.4. The van der Waals surface area contributed by atoms with Gasteiger partial charge in [0.05, 0.1) is 25.9 Å². The molecule has 1 fully saturated rings. The van der Waals surface area contributed by atoms with E-state index in [1.54, 1.807) is 24.3 Å². The molecule has 0 spiro atoms. The number of anilines is 1. The SMILES string of the molecule is O=C(Nc1ccc(Cl)cc1)c1coc(CN2CCN(CC(O)COCc3ccccc3)CC2)n1. The molecule has 180 valence electrons. The number of oxazole rings is 1. The Morgan fingerprint density at radius 1 is 1.09 bits per heavy atom. The summed E-state index contributed by atoms with van der Waals surface area (Å²) >= 11 is 5.87. The molecule has 1 amide bonds. The highest BCUT2D eigenvalue weighted by atomic mass is 35.5. The smallest absolute Gasteiger partial charge is 0.277 e. The van der Waals surface area contributed by atoms with Crippen LogP contribution < -0.4 is 5.32 Å². The molecule has 1 unspecified atom stereocenters. The van der Waals surface area contributed by atoms with E-state index in [0.717, 1.165) is 31.7 Å². The van der Waals surface area contributed by atoms with Gasteiger partial charge in [0, 0.05) is 43.4 Å². The van der Waals surface area contributed by atoms with Crippen molar-refractivity contribution in [2.75, 3.05) is 44.6 Å². The number of carbonyl (C=O) groups excluding carboxylic acids is 1. The van der Waals surface area contributed by atoms with Crippen LogP contribution in [0.4, 0.5) is 5.69 Å². The van der Waals surface area contributed by atoms with E-state index in [1.807, 2.05) is 30.3 Å². The zero-order valence-corrected chi connectivity index (χ0v) is 19.7. The summed E-state index contributed by atoms with van der Waals surface area (Å²) in [7, 11) is 0.